The number of amides is 1. The number of para-hydroxylation sites is 1. The van der Waals surface area contributed by atoms with E-state index in [4.69, 9.17) is 9.47 Å². The molecule has 0 aliphatic carbocycles. The first-order valence-electron chi connectivity index (χ1n) is 9.23. The topological polar surface area (TPSA) is 76.2 Å². The molecule has 1 atom stereocenters. The summed E-state index contributed by atoms with van der Waals surface area (Å²) in [5.41, 5.74) is 1.31. The van der Waals surface area contributed by atoms with Gasteiger partial charge in [-0.05, 0) is 36.2 Å². The van der Waals surface area contributed by atoms with Crippen LogP contribution in [-0.4, -0.2) is 52.8 Å². The molecule has 0 fully saturated rings. The second-order valence-corrected chi connectivity index (χ2v) is 8.56. The predicted molar refractivity (Wildman–Crippen MR) is 114 cm³/mol. The molecule has 158 valence electrons. The lowest BCUT2D eigenvalue weighted by molar-refractivity contribution is -0.131. The smallest absolute Gasteiger partial charge is 0.246 e. The summed E-state index contributed by atoms with van der Waals surface area (Å²) in [6.07, 6.45) is 1.46. The van der Waals surface area contributed by atoms with Crippen LogP contribution in [0.15, 0.2) is 48.5 Å². The van der Waals surface area contributed by atoms with Crippen molar-refractivity contribution in [2.75, 3.05) is 31.8 Å². The number of carbonyl (C=O) groups excluding carboxylic acids is 1. The van der Waals surface area contributed by atoms with Gasteiger partial charge in [0.25, 0.3) is 0 Å². The van der Waals surface area contributed by atoms with Crippen molar-refractivity contribution in [2.45, 2.75) is 25.9 Å². The van der Waals surface area contributed by atoms with E-state index in [1.165, 1.54) is 9.21 Å². The quantitative estimate of drug-likeness (QED) is 0.623. The van der Waals surface area contributed by atoms with Crippen LogP contribution in [0.25, 0.3) is 0 Å². The Kier molecular flexibility index (Phi) is 7.50. The second kappa shape index (κ2) is 9.65. The van der Waals surface area contributed by atoms with Gasteiger partial charge in [0, 0.05) is 13.6 Å². The van der Waals surface area contributed by atoms with Gasteiger partial charge in [-0.1, -0.05) is 31.2 Å². The fraction of sp³-hybridized carbons (Fsp3) is 0.381. The second-order valence-electron chi connectivity index (χ2n) is 6.70. The number of benzene rings is 2. The van der Waals surface area contributed by atoms with E-state index in [-0.39, 0.29) is 5.91 Å². The van der Waals surface area contributed by atoms with Crippen LogP contribution in [0.3, 0.4) is 0 Å². The number of anilines is 1. The summed E-state index contributed by atoms with van der Waals surface area (Å²) in [6, 6.07) is 13.3. The number of hydrogen-bond donors (Lipinski definition) is 0. The van der Waals surface area contributed by atoms with Gasteiger partial charge in [-0.25, -0.2) is 8.42 Å². The Morgan fingerprint density at radius 3 is 2.17 bits per heavy atom. The Balaban J connectivity index is 2.29. The van der Waals surface area contributed by atoms with Crippen LogP contribution in [0.4, 0.5) is 5.69 Å². The summed E-state index contributed by atoms with van der Waals surface area (Å²) in [5, 5.41) is 0. The average Bonchev–Trinajstić information content (AvgIpc) is 2.70. The molecular formula is C21H28N2O5S. The van der Waals surface area contributed by atoms with E-state index in [1.54, 1.807) is 70.7 Å². The van der Waals surface area contributed by atoms with Gasteiger partial charge in [0.2, 0.25) is 15.9 Å². The van der Waals surface area contributed by atoms with Crippen molar-refractivity contribution < 1.29 is 22.7 Å². The highest BCUT2D eigenvalue weighted by atomic mass is 32.2. The van der Waals surface area contributed by atoms with Crippen molar-refractivity contribution in [1.82, 2.24) is 4.90 Å². The van der Waals surface area contributed by atoms with Crippen molar-refractivity contribution in [2.24, 2.45) is 0 Å². The molecule has 0 aliphatic heterocycles. The highest BCUT2D eigenvalue weighted by Gasteiger charge is 2.33. The Hall–Kier alpha value is -2.74. The third-order valence-corrected chi connectivity index (χ3v) is 5.75. The van der Waals surface area contributed by atoms with E-state index in [0.717, 1.165) is 11.8 Å². The minimum atomic E-state index is -3.65. The van der Waals surface area contributed by atoms with Gasteiger partial charge in [-0.15, -0.1) is 0 Å². The molecule has 0 bridgehead atoms. The van der Waals surface area contributed by atoms with Crippen molar-refractivity contribution >= 4 is 21.6 Å². The summed E-state index contributed by atoms with van der Waals surface area (Å²) in [7, 11) is 1.12. The molecule has 0 aromatic heterocycles. The Labute approximate surface area is 172 Å². The summed E-state index contributed by atoms with van der Waals surface area (Å²) < 4.78 is 36.7. The molecule has 29 heavy (non-hydrogen) atoms. The summed E-state index contributed by atoms with van der Waals surface area (Å²) in [4.78, 5) is 14.7. The van der Waals surface area contributed by atoms with Crippen LogP contribution in [0.1, 0.15) is 18.9 Å². The molecule has 0 aliphatic rings. The average molecular weight is 421 g/mol. The third kappa shape index (κ3) is 5.41. The molecule has 2 aromatic rings. The standard InChI is InChI=1S/C21H28N2O5S/c1-6-18(23(29(5,25)26)17-10-8-7-9-11-17)21(24)22(2)15-16-12-13-19(27-3)20(14-16)28-4/h7-14,18H,6,15H2,1-5H3/t18-/m1/s1. The number of hydrogen-bond acceptors (Lipinski definition) is 5. The highest BCUT2D eigenvalue weighted by molar-refractivity contribution is 7.92. The van der Waals surface area contributed by atoms with E-state index in [9.17, 15) is 13.2 Å². The summed E-state index contributed by atoms with van der Waals surface area (Å²) >= 11 is 0. The van der Waals surface area contributed by atoms with E-state index < -0.39 is 16.1 Å². The van der Waals surface area contributed by atoms with E-state index in [1.807, 2.05) is 6.07 Å². The molecule has 2 aromatic carbocycles. The molecule has 8 heteroatoms. The van der Waals surface area contributed by atoms with E-state index in [0.29, 0.717) is 30.2 Å². The van der Waals surface area contributed by atoms with Crippen molar-refractivity contribution in [3.8, 4) is 11.5 Å². The molecule has 0 saturated carbocycles. The normalized spacial score (nSPS) is 12.2. The zero-order chi connectivity index (χ0) is 21.6. The highest BCUT2D eigenvalue weighted by Crippen LogP contribution is 2.28. The van der Waals surface area contributed by atoms with E-state index >= 15 is 0 Å². The maximum atomic E-state index is 13.2. The van der Waals surface area contributed by atoms with Crippen molar-refractivity contribution in [1.29, 1.82) is 0 Å². The van der Waals surface area contributed by atoms with Crippen LogP contribution >= 0.6 is 0 Å². The number of ether oxygens (including phenoxy) is 2. The summed E-state index contributed by atoms with van der Waals surface area (Å²) in [6.45, 7) is 2.11. The van der Waals surface area contributed by atoms with Gasteiger partial charge in [0.15, 0.2) is 11.5 Å². The van der Waals surface area contributed by atoms with Crippen molar-refractivity contribution in [3.05, 3.63) is 54.1 Å². The fourth-order valence-electron chi connectivity index (χ4n) is 3.20. The van der Waals surface area contributed by atoms with Crippen LogP contribution in [0, 0.1) is 0 Å². The lowest BCUT2D eigenvalue weighted by Crippen LogP contribution is -2.49. The van der Waals surface area contributed by atoms with Gasteiger partial charge < -0.3 is 14.4 Å². The molecule has 0 radical (unpaired) electrons. The largest absolute Gasteiger partial charge is 0.493 e. The summed E-state index contributed by atoms with van der Waals surface area (Å²) in [5.74, 6) is 0.889. The molecule has 7 nitrogen and oxygen atoms in total. The Morgan fingerprint density at radius 1 is 1.03 bits per heavy atom. The molecule has 0 saturated heterocycles. The molecule has 2 rings (SSSR count). The van der Waals surface area contributed by atoms with Crippen LogP contribution in [0.2, 0.25) is 0 Å². The first-order chi connectivity index (χ1) is 13.7. The monoisotopic (exact) mass is 420 g/mol. The molecule has 1 amide bonds. The number of rotatable bonds is 9. The number of likely N-dealkylation sites (N-methyl/N-ethyl adjacent to an activating group) is 1. The molecule has 0 spiro atoms. The first kappa shape index (κ1) is 22.5. The maximum Gasteiger partial charge on any atom is 0.246 e. The molecule has 0 N–H and O–H groups in total. The number of nitrogens with zero attached hydrogens (tertiary/aromatic N) is 2. The first-order valence-corrected chi connectivity index (χ1v) is 11.1. The molecule has 0 heterocycles. The minimum absolute atomic E-state index is 0.281. The van der Waals surface area contributed by atoms with Crippen LogP contribution < -0.4 is 13.8 Å². The van der Waals surface area contributed by atoms with Crippen LogP contribution in [-0.2, 0) is 21.4 Å². The van der Waals surface area contributed by atoms with Gasteiger partial charge in [-0.3, -0.25) is 9.10 Å². The SMILES string of the molecule is CC[C@H](C(=O)N(C)Cc1ccc(OC)c(OC)c1)N(c1ccccc1)S(C)(=O)=O. The predicted octanol–water partition coefficient (Wildman–Crippen LogP) is 2.91. The third-order valence-electron chi connectivity index (χ3n) is 4.57. The minimum Gasteiger partial charge on any atom is -0.493 e. The van der Waals surface area contributed by atoms with Crippen LogP contribution in [0.5, 0.6) is 11.5 Å². The lowest BCUT2D eigenvalue weighted by Gasteiger charge is -2.33. The van der Waals surface area contributed by atoms with Gasteiger partial charge in [-0.2, -0.15) is 0 Å². The number of carbonyl (C=O) groups is 1. The molecule has 0 unspecified atom stereocenters. The van der Waals surface area contributed by atoms with Gasteiger partial charge >= 0.3 is 0 Å². The molecular weight excluding hydrogens is 392 g/mol. The Morgan fingerprint density at radius 2 is 1.66 bits per heavy atom. The van der Waals surface area contributed by atoms with Gasteiger partial charge in [0.05, 0.1) is 26.2 Å². The fourth-order valence-corrected chi connectivity index (χ4v) is 4.41. The Bertz CT molecular complexity index is 931. The number of methoxy groups -OCH3 is 2. The lowest BCUT2D eigenvalue weighted by atomic mass is 10.1. The van der Waals surface area contributed by atoms with Gasteiger partial charge in [0.1, 0.15) is 6.04 Å². The van der Waals surface area contributed by atoms with Crippen molar-refractivity contribution in [3.63, 3.8) is 0 Å². The number of sulfonamides is 1. The zero-order valence-electron chi connectivity index (χ0n) is 17.5. The zero-order valence-corrected chi connectivity index (χ0v) is 18.3. The van der Waals surface area contributed by atoms with E-state index in [2.05, 4.69) is 0 Å². The maximum absolute atomic E-state index is 13.2.